The number of amides is 1. The highest BCUT2D eigenvalue weighted by atomic mass is 32.2. The summed E-state index contributed by atoms with van der Waals surface area (Å²) in [6, 6.07) is 8.06. The standard InChI is InChI=1S/C14H20N2O2S/c17-8-7-15-14(18)11-1-3-12(4-2-11)16-13-5-9-19-10-6-13/h1-4,13,16-17H,5-10H2,(H,15,18). The first-order valence-electron chi connectivity index (χ1n) is 6.63. The molecule has 0 atom stereocenters. The van der Waals surface area contributed by atoms with Gasteiger partial charge >= 0.3 is 0 Å². The molecule has 0 aromatic heterocycles. The van der Waals surface area contributed by atoms with Crippen molar-refractivity contribution in [2.24, 2.45) is 0 Å². The van der Waals surface area contributed by atoms with Gasteiger partial charge in [0, 0.05) is 23.8 Å². The van der Waals surface area contributed by atoms with E-state index in [9.17, 15) is 4.79 Å². The lowest BCUT2D eigenvalue weighted by Crippen LogP contribution is -2.26. The molecule has 1 saturated heterocycles. The molecule has 1 aromatic carbocycles. The van der Waals surface area contributed by atoms with Crippen molar-refractivity contribution in [1.29, 1.82) is 0 Å². The van der Waals surface area contributed by atoms with Gasteiger partial charge in [-0.25, -0.2) is 0 Å². The maximum Gasteiger partial charge on any atom is 0.251 e. The minimum absolute atomic E-state index is 0.0366. The van der Waals surface area contributed by atoms with E-state index in [1.54, 1.807) is 0 Å². The molecule has 0 aliphatic carbocycles. The number of carbonyl (C=O) groups is 1. The van der Waals surface area contributed by atoms with Gasteiger partial charge in [0.05, 0.1) is 6.61 Å². The van der Waals surface area contributed by atoms with Crippen LogP contribution in [0.15, 0.2) is 24.3 Å². The second kappa shape index (κ2) is 7.40. The lowest BCUT2D eigenvalue weighted by atomic mass is 10.1. The number of aliphatic hydroxyl groups is 1. The number of nitrogens with one attached hydrogen (secondary N) is 2. The van der Waals surface area contributed by atoms with Crippen molar-refractivity contribution >= 4 is 23.4 Å². The Bertz CT molecular complexity index is 402. The molecule has 1 aliphatic rings. The lowest BCUT2D eigenvalue weighted by molar-refractivity contribution is 0.0945. The molecule has 0 bridgehead atoms. The zero-order valence-corrected chi connectivity index (χ0v) is 11.7. The molecule has 0 unspecified atom stereocenters. The Hall–Kier alpha value is -1.20. The Morgan fingerprint density at radius 1 is 1.26 bits per heavy atom. The van der Waals surface area contributed by atoms with Crippen molar-refractivity contribution < 1.29 is 9.90 Å². The van der Waals surface area contributed by atoms with Crippen LogP contribution in [0, 0.1) is 0 Å². The summed E-state index contributed by atoms with van der Waals surface area (Å²) in [5.74, 6) is 2.30. The highest BCUT2D eigenvalue weighted by Gasteiger charge is 2.13. The topological polar surface area (TPSA) is 61.4 Å². The monoisotopic (exact) mass is 280 g/mol. The van der Waals surface area contributed by atoms with Gasteiger partial charge < -0.3 is 15.7 Å². The summed E-state index contributed by atoms with van der Waals surface area (Å²) in [4.78, 5) is 11.7. The second-order valence-corrected chi connectivity index (χ2v) is 5.81. The number of aliphatic hydroxyl groups excluding tert-OH is 1. The van der Waals surface area contributed by atoms with Crippen LogP contribution >= 0.6 is 11.8 Å². The van der Waals surface area contributed by atoms with Gasteiger partial charge in [-0.05, 0) is 48.6 Å². The minimum atomic E-state index is -0.144. The Kier molecular flexibility index (Phi) is 5.54. The number of hydrogen-bond donors (Lipinski definition) is 3. The van der Waals surface area contributed by atoms with Crippen LogP contribution in [0.3, 0.4) is 0 Å². The Morgan fingerprint density at radius 2 is 1.95 bits per heavy atom. The van der Waals surface area contributed by atoms with Gasteiger partial charge in [0.1, 0.15) is 0 Å². The lowest BCUT2D eigenvalue weighted by Gasteiger charge is -2.23. The maximum absolute atomic E-state index is 11.7. The first-order chi connectivity index (χ1) is 9.29. The first-order valence-corrected chi connectivity index (χ1v) is 7.78. The van der Waals surface area contributed by atoms with Crippen LogP contribution < -0.4 is 10.6 Å². The van der Waals surface area contributed by atoms with E-state index in [1.807, 2.05) is 36.0 Å². The van der Waals surface area contributed by atoms with Crippen molar-refractivity contribution in [1.82, 2.24) is 5.32 Å². The number of thioether (sulfide) groups is 1. The number of rotatable bonds is 5. The summed E-state index contributed by atoms with van der Waals surface area (Å²) in [7, 11) is 0. The van der Waals surface area contributed by atoms with E-state index < -0.39 is 0 Å². The van der Waals surface area contributed by atoms with Crippen molar-refractivity contribution in [2.45, 2.75) is 18.9 Å². The van der Waals surface area contributed by atoms with Crippen LogP contribution in [0.4, 0.5) is 5.69 Å². The largest absolute Gasteiger partial charge is 0.395 e. The summed E-state index contributed by atoms with van der Waals surface area (Å²) in [6.07, 6.45) is 2.40. The molecule has 3 N–H and O–H groups in total. The van der Waals surface area contributed by atoms with Crippen LogP contribution in [0.5, 0.6) is 0 Å². The molecular formula is C14H20N2O2S. The summed E-state index contributed by atoms with van der Waals surface area (Å²) < 4.78 is 0. The SMILES string of the molecule is O=C(NCCO)c1ccc(NC2CCSCC2)cc1. The minimum Gasteiger partial charge on any atom is -0.395 e. The van der Waals surface area contributed by atoms with E-state index in [0.29, 0.717) is 18.2 Å². The second-order valence-electron chi connectivity index (χ2n) is 4.59. The van der Waals surface area contributed by atoms with Crippen LogP contribution in [-0.4, -0.2) is 41.7 Å². The van der Waals surface area contributed by atoms with Gasteiger partial charge in [-0.3, -0.25) is 4.79 Å². The zero-order valence-electron chi connectivity index (χ0n) is 10.9. The van der Waals surface area contributed by atoms with E-state index in [4.69, 9.17) is 5.11 Å². The fraction of sp³-hybridized carbons (Fsp3) is 0.500. The van der Waals surface area contributed by atoms with E-state index in [-0.39, 0.29) is 12.5 Å². The summed E-state index contributed by atoms with van der Waals surface area (Å²) in [5.41, 5.74) is 1.69. The Balaban J connectivity index is 1.88. The fourth-order valence-corrected chi connectivity index (χ4v) is 3.17. The number of benzene rings is 1. The third-order valence-corrected chi connectivity index (χ3v) is 4.19. The van der Waals surface area contributed by atoms with Gasteiger partial charge in [-0.15, -0.1) is 0 Å². The van der Waals surface area contributed by atoms with Crippen molar-refractivity contribution in [3.8, 4) is 0 Å². The van der Waals surface area contributed by atoms with Crippen LogP contribution in [0.1, 0.15) is 23.2 Å². The predicted octanol–water partition coefficient (Wildman–Crippen LogP) is 1.72. The third-order valence-electron chi connectivity index (χ3n) is 3.14. The van der Waals surface area contributed by atoms with Gasteiger partial charge in [0.15, 0.2) is 0 Å². The molecule has 0 spiro atoms. The molecule has 0 radical (unpaired) electrons. The number of anilines is 1. The molecule has 5 heteroatoms. The van der Waals surface area contributed by atoms with Crippen LogP contribution in [0.25, 0.3) is 0 Å². The Morgan fingerprint density at radius 3 is 2.58 bits per heavy atom. The predicted molar refractivity (Wildman–Crippen MR) is 79.8 cm³/mol. The molecule has 1 aromatic rings. The fourth-order valence-electron chi connectivity index (χ4n) is 2.07. The van der Waals surface area contributed by atoms with Gasteiger partial charge in [-0.2, -0.15) is 11.8 Å². The average molecular weight is 280 g/mol. The molecule has 2 rings (SSSR count). The first kappa shape index (κ1) is 14.2. The molecular weight excluding hydrogens is 260 g/mol. The van der Waals surface area contributed by atoms with E-state index in [1.165, 1.54) is 24.3 Å². The molecule has 0 saturated carbocycles. The molecule has 1 amide bonds. The molecule has 4 nitrogen and oxygen atoms in total. The zero-order chi connectivity index (χ0) is 13.5. The highest BCUT2D eigenvalue weighted by molar-refractivity contribution is 7.99. The third kappa shape index (κ3) is 4.44. The van der Waals surface area contributed by atoms with Gasteiger partial charge in [0.25, 0.3) is 5.91 Å². The van der Waals surface area contributed by atoms with Crippen molar-refractivity contribution in [3.63, 3.8) is 0 Å². The molecule has 1 fully saturated rings. The van der Waals surface area contributed by atoms with E-state index in [2.05, 4.69) is 10.6 Å². The average Bonchev–Trinajstić information content (AvgIpc) is 2.46. The number of carbonyl (C=O) groups excluding carboxylic acids is 1. The quantitative estimate of drug-likeness (QED) is 0.768. The van der Waals surface area contributed by atoms with Gasteiger partial charge in [-0.1, -0.05) is 0 Å². The van der Waals surface area contributed by atoms with Crippen molar-refractivity contribution in [3.05, 3.63) is 29.8 Å². The summed E-state index contributed by atoms with van der Waals surface area (Å²) in [6.45, 7) is 0.254. The smallest absolute Gasteiger partial charge is 0.251 e. The maximum atomic E-state index is 11.7. The Labute approximate surface area is 118 Å². The van der Waals surface area contributed by atoms with E-state index >= 15 is 0 Å². The van der Waals surface area contributed by atoms with Crippen molar-refractivity contribution in [2.75, 3.05) is 30.0 Å². The highest BCUT2D eigenvalue weighted by Crippen LogP contribution is 2.21. The molecule has 1 aliphatic heterocycles. The normalized spacial score (nSPS) is 16.1. The van der Waals surface area contributed by atoms with Gasteiger partial charge in [0.2, 0.25) is 0 Å². The molecule has 19 heavy (non-hydrogen) atoms. The van der Waals surface area contributed by atoms with Crippen LogP contribution in [-0.2, 0) is 0 Å². The molecule has 1 heterocycles. The van der Waals surface area contributed by atoms with Crippen LogP contribution in [0.2, 0.25) is 0 Å². The summed E-state index contributed by atoms with van der Waals surface area (Å²) >= 11 is 2.01. The van der Waals surface area contributed by atoms with E-state index in [0.717, 1.165) is 5.69 Å². The summed E-state index contributed by atoms with van der Waals surface area (Å²) in [5, 5.41) is 14.8. The number of hydrogen-bond acceptors (Lipinski definition) is 4. The molecule has 104 valence electrons.